The van der Waals surface area contributed by atoms with Crippen LogP contribution in [0.15, 0.2) is 22.9 Å². The van der Waals surface area contributed by atoms with Gasteiger partial charge >= 0.3 is 0 Å². The van der Waals surface area contributed by atoms with Crippen molar-refractivity contribution in [1.29, 1.82) is 0 Å². The molecule has 5 rings (SSSR count). The molecule has 0 radical (unpaired) electrons. The Bertz CT molecular complexity index is 602. The lowest BCUT2D eigenvalue weighted by Gasteiger charge is -2.46. The summed E-state index contributed by atoms with van der Waals surface area (Å²) in [7, 11) is 0. The van der Waals surface area contributed by atoms with Crippen molar-refractivity contribution in [2.75, 3.05) is 38.5 Å². The topological polar surface area (TPSA) is 84.3 Å². The molecule has 7 nitrogen and oxygen atoms in total. The van der Waals surface area contributed by atoms with Crippen LogP contribution in [-0.2, 0) is 0 Å². The quantitative estimate of drug-likeness (QED) is 0.846. The third-order valence-corrected chi connectivity index (χ3v) is 4.05. The van der Waals surface area contributed by atoms with Crippen molar-refractivity contribution in [1.82, 2.24) is 24.9 Å². The number of aromatic nitrogens is 3. The van der Waals surface area contributed by atoms with E-state index in [0.29, 0.717) is 11.7 Å². The van der Waals surface area contributed by atoms with Gasteiger partial charge in [0.25, 0.3) is 5.89 Å². The van der Waals surface area contributed by atoms with Gasteiger partial charge in [0.05, 0.1) is 11.6 Å². The van der Waals surface area contributed by atoms with Crippen molar-refractivity contribution in [3.63, 3.8) is 0 Å². The van der Waals surface area contributed by atoms with E-state index in [1.807, 2.05) is 6.07 Å². The molecule has 0 aliphatic carbocycles. The van der Waals surface area contributed by atoms with Gasteiger partial charge in [0.15, 0.2) is 5.82 Å². The first kappa shape index (κ1) is 11.8. The average Bonchev–Trinajstić information content (AvgIpc) is 2.99. The van der Waals surface area contributed by atoms with Crippen molar-refractivity contribution < 1.29 is 4.52 Å². The Morgan fingerprint density at radius 2 is 2.05 bits per heavy atom. The fourth-order valence-corrected chi connectivity index (χ4v) is 2.88. The number of anilines is 1. The van der Waals surface area contributed by atoms with Crippen molar-refractivity contribution >= 4 is 5.82 Å². The maximum Gasteiger partial charge on any atom is 0.259 e. The van der Waals surface area contributed by atoms with Gasteiger partial charge in [0.1, 0.15) is 5.82 Å². The Morgan fingerprint density at radius 1 is 1.20 bits per heavy atom. The van der Waals surface area contributed by atoms with Crippen LogP contribution < -0.4 is 5.73 Å². The van der Waals surface area contributed by atoms with Crippen molar-refractivity contribution in [2.45, 2.75) is 6.04 Å². The van der Waals surface area contributed by atoms with Gasteiger partial charge in [-0.25, -0.2) is 4.98 Å². The highest BCUT2D eigenvalue weighted by atomic mass is 16.5. The standard InChI is InChI=1S/C13H16N6O/c14-11-2-1-9(7-15-11)13-16-12(17-20-13)10-8-18-3-5-19(10)6-4-18/h1-2,7,10H,3-6,8H2,(H2,14,15). The van der Waals surface area contributed by atoms with E-state index in [1.54, 1.807) is 12.3 Å². The molecule has 3 aliphatic heterocycles. The second kappa shape index (κ2) is 4.53. The van der Waals surface area contributed by atoms with E-state index in [9.17, 15) is 0 Å². The highest BCUT2D eigenvalue weighted by Crippen LogP contribution is 2.28. The van der Waals surface area contributed by atoms with Crippen LogP contribution in [0.1, 0.15) is 11.9 Å². The molecule has 3 fully saturated rings. The number of piperazine rings is 3. The van der Waals surface area contributed by atoms with Crippen LogP contribution in [0.5, 0.6) is 0 Å². The summed E-state index contributed by atoms with van der Waals surface area (Å²) in [6.07, 6.45) is 1.66. The summed E-state index contributed by atoms with van der Waals surface area (Å²) in [6, 6.07) is 3.82. The Labute approximate surface area is 116 Å². The fraction of sp³-hybridized carbons (Fsp3) is 0.462. The van der Waals surface area contributed by atoms with Gasteiger partial charge in [0.2, 0.25) is 0 Å². The highest BCUT2D eigenvalue weighted by molar-refractivity contribution is 5.53. The first-order chi connectivity index (χ1) is 9.79. The molecule has 0 amide bonds. The van der Waals surface area contributed by atoms with E-state index < -0.39 is 0 Å². The third-order valence-electron chi connectivity index (χ3n) is 4.05. The summed E-state index contributed by atoms with van der Waals surface area (Å²) >= 11 is 0. The van der Waals surface area contributed by atoms with E-state index in [0.717, 1.165) is 44.1 Å². The first-order valence-corrected chi connectivity index (χ1v) is 6.81. The second-order valence-corrected chi connectivity index (χ2v) is 5.28. The number of hydrogen-bond acceptors (Lipinski definition) is 7. The molecule has 2 bridgehead atoms. The molecular weight excluding hydrogens is 256 g/mol. The predicted octanol–water partition coefficient (Wildman–Crippen LogP) is 0.386. The molecule has 20 heavy (non-hydrogen) atoms. The van der Waals surface area contributed by atoms with Gasteiger partial charge in [-0.15, -0.1) is 0 Å². The molecule has 2 aromatic heterocycles. The predicted molar refractivity (Wildman–Crippen MR) is 72.7 cm³/mol. The van der Waals surface area contributed by atoms with Gasteiger partial charge in [-0.2, -0.15) is 4.98 Å². The molecule has 3 saturated heterocycles. The zero-order valence-electron chi connectivity index (χ0n) is 11.1. The summed E-state index contributed by atoms with van der Waals surface area (Å²) in [6.45, 7) is 5.43. The monoisotopic (exact) mass is 272 g/mol. The second-order valence-electron chi connectivity index (χ2n) is 5.28. The summed E-state index contributed by atoms with van der Waals surface area (Å²) in [5.74, 6) is 1.75. The highest BCUT2D eigenvalue weighted by Gasteiger charge is 2.35. The minimum absolute atomic E-state index is 0.247. The van der Waals surface area contributed by atoms with Crippen LogP contribution >= 0.6 is 0 Å². The Balaban J connectivity index is 1.60. The minimum Gasteiger partial charge on any atom is -0.384 e. The maximum absolute atomic E-state index is 5.58. The zero-order valence-corrected chi connectivity index (χ0v) is 11.1. The third kappa shape index (κ3) is 1.95. The van der Waals surface area contributed by atoms with Crippen LogP contribution in [0.25, 0.3) is 11.5 Å². The Morgan fingerprint density at radius 3 is 2.70 bits per heavy atom. The molecule has 0 spiro atoms. The summed E-state index contributed by atoms with van der Waals surface area (Å²) in [4.78, 5) is 13.4. The molecule has 5 heterocycles. The molecule has 2 aromatic rings. The molecule has 104 valence electrons. The van der Waals surface area contributed by atoms with Gasteiger partial charge < -0.3 is 10.3 Å². The number of nitrogens with zero attached hydrogens (tertiary/aromatic N) is 5. The normalized spacial score (nSPS) is 28.7. The smallest absolute Gasteiger partial charge is 0.259 e. The number of pyridine rings is 1. The lowest BCUT2D eigenvalue weighted by Crippen LogP contribution is -2.57. The van der Waals surface area contributed by atoms with Gasteiger partial charge in [-0.1, -0.05) is 5.16 Å². The molecule has 7 heteroatoms. The molecular formula is C13H16N6O. The average molecular weight is 272 g/mol. The van der Waals surface area contributed by atoms with Crippen LogP contribution in [-0.4, -0.2) is 57.6 Å². The number of hydrogen-bond donors (Lipinski definition) is 1. The molecule has 2 N–H and O–H groups in total. The van der Waals surface area contributed by atoms with E-state index in [-0.39, 0.29) is 6.04 Å². The maximum atomic E-state index is 5.58. The fourth-order valence-electron chi connectivity index (χ4n) is 2.88. The lowest BCUT2D eigenvalue weighted by atomic mass is 10.1. The Kier molecular flexibility index (Phi) is 2.68. The SMILES string of the molecule is Nc1ccc(-c2nc(C3CN4CCN3CC4)no2)cn1. The number of nitrogens with two attached hydrogens (primary N) is 1. The molecule has 0 saturated carbocycles. The molecule has 0 aromatic carbocycles. The van der Waals surface area contributed by atoms with Gasteiger partial charge in [-0.3, -0.25) is 9.80 Å². The van der Waals surface area contributed by atoms with Crippen LogP contribution in [0.3, 0.4) is 0 Å². The summed E-state index contributed by atoms with van der Waals surface area (Å²) in [5.41, 5.74) is 6.38. The minimum atomic E-state index is 0.247. The Hall–Kier alpha value is -1.99. The summed E-state index contributed by atoms with van der Waals surface area (Å²) in [5, 5.41) is 4.14. The number of rotatable bonds is 2. The van der Waals surface area contributed by atoms with E-state index in [1.165, 1.54) is 0 Å². The number of nitrogen functional groups attached to an aromatic ring is 1. The van der Waals surface area contributed by atoms with E-state index in [2.05, 4.69) is 24.9 Å². The van der Waals surface area contributed by atoms with E-state index in [4.69, 9.17) is 10.3 Å². The molecule has 3 aliphatic rings. The van der Waals surface area contributed by atoms with Crippen molar-refractivity contribution in [2.24, 2.45) is 0 Å². The van der Waals surface area contributed by atoms with Gasteiger partial charge in [0, 0.05) is 38.9 Å². The van der Waals surface area contributed by atoms with Crippen molar-refractivity contribution in [3.05, 3.63) is 24.2 Å². The zero-order chi connectivity index (χ0) is 13.5. The molecule has 1 unspecified atom stereocenters. The van der Waals surface area contributed by atoms with Crippen molar-refractivity contribution in [3.8, 4) is 11.5 Å². The van der Waals surface area contributed by atoms with E-state index >= 15 is 0 Å². The first-order valence-electron chi connectivity index (χ1n) is 6.81. The van der Waals surface area contributed by atoms with Crippen LogP contribution in [0.2, 0.25) is 0 Å². The largest absolute Gasteiger partial charge is 0.384 e. The number of fused-ring (bicyclic) bond motifs is 3. The van der Waals surface area contributed by atoms with Gasteiger partial charge in [-0.05, 0) is 12.1 Å². The molecule has 1 atom stereocenters. The van der Waals surface area contributed by atoms with Crippen LogP contribution in [0.4, 0.5) is 5.82 Å². The summed E-state index contributed by atoms with van der Waals surface area (Å²) < 4.78 is 5.36. The lowest BCUT2D eigenvalue weighted by molar-refractivity contribution is 0.00781. The van der Waals surface area contributed by atoms with Crippen LogP contribution in [0, 0.1) is 0 Å².